The van der Waals surface area contributed by atoms with Gasteiger partial charge in [0, 0.05) is 34.1 Å². The third-order valence-corrected chi connectivity index (χ3v) is 7.81. The van der Waals surface area contributed by atoms with Crippen molar-refractivity contribution in [3.05, 3.63) is 101 Å². The number of hydrogen-bond acceptors (Lipinski definition) is 5. The van der Waals surface area contributed by atoms with Crippen LogP contribution < -0.4 is 10.5 Å². The summed E-state index contributed by atoms with van der Waals surface area (Å²) in [6.45, 7) is 0. The van der Waals surface area contributed by atoms with Gasteiger partial charge >= 0.3 is 0 Å². The van der Waals surface area contributed by atoms with Gasteiger partial charge in [0.2, 0.25) is 0 Å². The summed E-state index contributed by atoms with van der Waals surface area (Å²) in [5.74, 6) is 0.860. The van der Waals surface area contributed by atoms with E-state index in [4.69, 9.17) is 25.4 Å². The van der Waals surface area contributed by atoms with E-state index >= 15 is 0 Å². The fraction of sp³-hybridized carbons (Fsp3) is 0.265. The van der Waals surface area contributed by atoms with Gasteiger partial charge in [-0.25, -0.2) is 0 Å². The van der Waals surface area contributed by atoms with Crippen LogP contribution in [0.3, 0.4) is 0 Å². The Morgan fingerprint density at radius 1 is 0.692 bits per heavy atom. The number of nitrogens with zero attached hydrogens (tertiary/aromatic N) is 3. The lowest BCUT2D eigenvalue weighted by Crippen LogP contribution is -2.09. The molecule has 5 heteroatoms. The summed E-state index contributed by atoms with van der Waals surface area (Å²) >= 11 is 0. The van der Waals surface area contributed by atoms with Crippen molar-refractivity contribution in [3.63, 3.8) is 0 Å². The summed E-state index contributed by atoms with van der Waals surface area (Å²) in [5.41, 5.74) is 16.5. The van der Waals surface area contributed by atoms with E-state index in [1.165, 1.54) is 48.2 Å². The molecule has 0 unspecified atom stereocenters. The van der Waals surface area contributed by atoms with Crippen LogP contribution in [-0.2, 0) is 25.7 Å². The first-order valence-corrected chi connectivity index (χ1v) is 14.0. The summed E-state index contributed by atoms with van der Waals surface area (Å²) in [7, 11) is 1.68. The van der Waals surface area contributed by atoms with Crippen LogP contribution in [0.1, 0.15) is 53.8 Å². The Labute approximate surface area is 229 Å². The fourth-order valence-corrected chi connectivity index (χ4v) is 5.73. The number of para-hydroxylation sites is 2. The van der Waals surface area contributed by atoms with Crippen molar-refractivity contribution >= 4 is 39.4 Å². The minimum atomic E-state index is 0.860. The monoisotopic (exact) mass is 514 g/mol. The number of nitrogen functional groups attached to an aromatic ring is 1. The maximum Gasteiger partial charge on any atom is 0.118 e. The second-order valence-corrected chi connectivity index (χ2v) is 10.3. The van der Waals surface area contributed by atoms with E-state index in [0.29, 0.717) is 0 Å². The molecule has 2 aliphatic rings. The Kier molecular flexibility index (Phi) is 7.22. The molecule has 2 N–H and O–H groups in total. The predicted molar refractivity (Wildman–Crippen MR) is 161 cm³/mol. The highest BCUT2D eigenvalue weighted by molar-refractivity contribution is 5.95. The first kappa shape index (κ1) is 25.1. The van der Waals surface area contributed by atoms with Gasteiger partial charge in [-0.1, -0.05) is 36.4 Å². The van der Waals surface area contributed by atoms with Crippen LogP contribution in [0, 0.1) is 0 Å². The zero-order valence-electron chi connectivity index (χ0n) is 22.5. The normalized spacial score (nSPS) is 14.5. The Hall–Kier alpha value is -4.25. The number of anilines is 1. The molecule has 3 aromatic carbocycles. The van der Waals surface area contributed by atoms with Crippen LogP contribution in [0.15, 0.2) is 77.8 Å². The molecule has 2 aromatic heterocycles. The summed E-state index contributed by atoms with van der Waals surface area (Å²) < 4.78 is 5.21. The number of pyridine rings is 2. The van der Waals surface area contributed by atoms with Gasteiger partial charge in [0.25, 0.3) is 0 Å². The third-order valence-electron chi connectivity index (χ3n) is 7.81. The van der Waals surface area contributed by atoms with E-state index in [-0.39, 0.29) is 0 Å². The first-order valence-electron chi connectivity index (χ1n) is 14.0. The molecule has 2 heterocycles. The SMILES string of the molecule is COc1ccc(C=Nc2c3c(nc4ccccc24)CCCC3)cc1.Nc1c2c(nc3ccccc13)CCCC2. The summed E-state index contributed by atoms with van der Waals surface area (Å²) in [6.07, 6.45) is 11.2. The van der Waals surface area contributed by atoms with E-state index < -0.39 is 0 Å². The molecule has 0 atom stereocenters. The van der Waals surface area contributed by atoms with E-state index in [9.17, 15) is 0 Å². The number of aliphatic imine (C=N–C) groups is 1. The van der Waals surface area contributed by atoms with Crippen LogP contribution in [0.4, 0.5) is 11.4 Å². The number of benzene rings is 3. The average Bonchev–Trinajstić information content (AvgIpc) is 3.00. The molecular weight excluding hydrogens is 480 g/mol. The molecule has 5 aromatic rings. The van der Waals surface area contributed by atoms with Crippen molar-refractivity contribution in [2.75, 3.05) is 12.8 Å². The van der Waals surface area contributed by atoms with E-state index in [0.717, 1.165) is 70.2 Å². The Bertz CT molecular complexity index is 1660. The van der Waals surface area contributed by atoms with Crippen LogP contribution in [0.2, 0.25) is 0 Å². The zero-order chi connectivity index (χ0) is 26.6. The average molecular weight is 515 g/mol. The summed E-state index contributed by atoms with van der Waals surface area (Å²) in [5, 5.41) is 2.25. The molecule has 196 valence electrons. The van der Waals surface area contributed by atoms with Crippen LogP contribution in [-0.4, -0.2) is 23.3 Å². The molecule has 2 aliphatic carbocycles. The topological polar surface area (TPSA) is 73.4 Å². The molecule has 7 rings (SSSR count). The highest BCUT2D eigenvalue weighted by atomic mass is 16.5. The molecule has 0 radical (unpaired) electrons. The Morgan fingerprint density at radius 2 is 1.26 bits per heavy atom. The number of rotatable bonds is 3. The van der Waals surface area contributed by atoms with Crippen molar-refractivity contribution in [1.82, 2.24) is 9.97 Å². The minimum Gasteiger partial charge on any atom is -0.497 e. The predicted octanol–water partition coefficient (Wildman–Crippen LogP) is 7.57. The van der Waals surface area contributed by atoms with E-state index in [1.54, 1.807) is 7.11 Å². The van der Waals surface area contributed by atoms with Gasteiger partial charge < -0.3 is 10.5 Å². The number of aromatic nitrogens is 2. The van der Waals surface area contributed by atoms with Crippen LogP contribution >= 0.6 is 0 Å². The van der Waals surface area contributed by atoms with Crippen molar-refractivity contribution in [2.24, 2.45) is 4.99 Å². The van der Waals surface area contributed by atoms with Gasteiger partial charge in [-0.05, 0) is 104 Å². The summed E-state index contributed by atoms with van der Waals surface area (Å²) in [6, 6.07) is 24.4. The van der Waals surface area contributed by atoms with E-state index in [1.807, 2.05) is 54.7 Å². The lowest BCUT2D eigenvalue weighted by atomic mass is 9.93. The maximum atomic E-state index is 6.20. The molecule has 0 bridgehead atoms. The van der Waals surface area contributed by atoms with Crippen molar-refractivity contribution in [1.29, 1.82) is 0 Å². The van der Waals surface area contributed by atoms with Gasteiger partial charge in [-0.3, -0.25) is 15.0 Å². The highest BCUT2D eigenvalue weighted by Gasteiger charge is 2.18. The molecule has 0 aliphatic heterocycles. The van der Waals surface area contributed by atoms with Crippen LogP contribution in [0.5, 0.6) is 5.75 Å². The van der Waals surface area contributed by atoms with E-state index in [2.05, 4.69) is 24.3 Å². The van der Waals surface area contributed by atoms with Gasteiger partial charge in [0.05, 0.1) is 23.8 Å². The molecule has 0 spiro atoms. The van der Waals surface area contributed by atoms with Crippen molar-refractivity contribution < 1.29 is 4.74 Å². The molecular formula is C34H34N4O. The minimum absolute atomic E-state index is 0.860. The summed E-state index contributed by atoms with van der Waals surface area (Å²) in [4.78, 5) is 14.4. The second kappa shape index (κ2) is 11.2. The maximum absolute atomic E-state index is 6.20. The Morgan fingerprint density at radius 3 is 1.95 bits per heavy atom. The van der Waals surface area contributed by atoms with Gasteiger partial charge in [-0.2, -0.15) is 0 Å². The molecule has 0 fully saturated rings. The molecule has 0 saturated heterocycles. The van der Waals surface area contributed by atoms with Gasteiger partial charge in [0.1, 0.15) is 5.75 Å². The largest absolute Gasteiger partial charge is 0.497 e. The lowest BCUT2D eigenvalue weighted by molar-refractivity contribution is 0.415. The number of ether oxygens (including phenoxy) is 1. The third kappa shape index (κ3) is 5.22. The van der Waals surface area contributed by atoms with Crippen molar-refractivity contribution in [2.45, 2.75) is 51.4 Å². The number of aryl methyl sites for hydroxylation is 2. The molecule has 39 heavy (non-hydrogen) atoms. The number of fused-ring (bicyclic) bond motifs is 4. The molecule has 0 amide bonds. The highest BCUT2D eigenvalue weighted by Crippen LogP contribution is 2.35. The lowest BCUT2D eigenvalue weighted by Gasteiger charge is -2.18. The van der Waals surface area contributed by atoms with Crippen LogP contribution in [0.25, 0.3) is 21.8 Å². The second-order valence-electron chi connectivity index (χ2n) is 10.3. The molecule has 0 saturated carbocycles. The first-order chi connectivity index (χ1) is 19.2. The van der Waals surface area contributed by atoms with Crippen molar-refractivity contribution in [3.8, 4) is 5.75 Å². The smallest absolute Gasteiger partial charge is 0.118 e. The standard InChI is InChI=1S/C21H20N2O.C13H14N2/c1-24-16-12-10-15(11-13-16)14-22-21-17-6-2-4-8-19(17)23-20-9-5-3-7-18(20)21;14-13-9-5-1-3-7-11(9)15-12-8-4-2-6-10(12)13/h2,4,6,8,10-14H,3,5,7,9H2,1H3;1,3,5,7H,2,4,6,8H2,(H2,14,15). The van der Waals surface area contributed by atoms with Gasteiger partial charge in [0.15, 0.2) is 0 Å². The fourth-order valence-electron chi connectivity index (χ4n) is 5.73. The molecule has 5 nitrogen and oxygen atoms in total. The van der Waals surface area contributed by atoms with Gasteiger partial charge in [-0.15, -0.1) is 0 Å². The quantitative estimate of drug-likeness (QED) is 0.252. The Balaban J connectivity index is 0.000000158. The number of nitrogens with two attached hydrogens (primary N) is 1. The number of hydrogen-bond donors (Lipinski definition) is 1. The number of methoxy groups -OCH3 is 1. The zero-order valence-corrected chi connectivity index (χ0v) is 22.5.